The first-order chi connectivity index (χ1) is 13.1. The van der Waals surface area contributed by atoms with E-state index in [1.807, 2.05) is 5.38 Å². The van der Waals surface area contributed by atoms with Gasteiger partial charge in [0, 0.05) is 25.0 Å². The van der Waals surface area contributed by atoms with Gasteiger partial charge in [-0.25, -0.2) is 4.98 Å². The molecule has 1 aliphatic heterocycles. The second-order valence-corrected chi connectivity index (χ2v) is 7.08. The van der Waals surface area contributed by atoms with Crippen LogP contribution < -0.4 is 5.32 Å². The van der Waals surface area contributed by atoms with Crippen molar-refractivity contribution in [1.82, 2.24) is 9.88 Å². The summed E-state index contributed by atoms with van der Waals surface area (Å²) < 4.78 is 4.90. The second-order valence-electron chi connectivity index (χ2n) is 6.22. The minimum absolute atomic E-state index is 0.119. The Labute approximate surface area is 158 Å². The SMILES string of the molecule is O=C(Nc1nc(CN2CCc3ccccc3C2)cs1)c1ccc([N+](=O)[O-])o1. The normalized spacial score (nSPS) is 13.9. The first-order valence-electron chi connectivity index (χ1n) is 8.37. The highest BCUT2D eigenvalue weighted by Crippen LogP contribution is 2.23. The van der Waals surface area contributed by atoms with E-state index < -0.39 is 16.7 Å². The summed E-state index contributed by atoms with van der Waals surface area (Å²) in [6.45, 7) is 2.55. The molecule has 1 N–H and O–H groups in total. The van der Waals surface area contributed by atoms with Crippen molar-refractivity contribution < 1.29 is 14.1 Å². The standard InChI is InChI=1S/C18H16N4O4S/c23-17(15-5-6-16(26-15)22(24)25)20-18-19-14(11-27-18)10-21-8-7-12-3-1-2-4-13(12)9-21/h1-6,11H,7-10H2,(H,19,20,23). The van der Waals surface area contributed by atoms with Crippen LogP contribution in [0.2, 0.25) is 0 Å². The number of fused-ring (bicyclic) bond motifs is 1. The number of thiazole rings is 1. The number of nitrogens with one attached hydrogen (secondary N) is 1. The highest BCUT2D eigenvalue weighted by molar-refractivity contribution is 7.13. The Balaban J connectivity index is 1.37. The maximum absolute atomic E-state index is 12.1. The van der Waals surface area contributed by atoms with Crippen molar-refractivity contribution in [2.45, 2.75) is 19.5 Å². The molecule has 0 aliphatic carbocycles. The van der Waals surface area contributed by atoms with Gasteiger partial charge in [0.1, 0.15) is 4.92 Å². The molecule has 2 aromatic heterocycles. The molecule has 0 radical (unpaired) electrons. The predicted octanol–water partition coefficient (Wildman–Crippen LogP) is 3.45. The molecule has 27 heavy (non-hydrogen) atoms. The number of nitrogens with zero attached hydrogens (tertiary/aromatic N) is 3. The Morgan fingerprint density at radius 1 is 1.30 bits per heavy atom. The molecule has 0 fully saturated rings. The zero-order valence-corrected chi connectivity index (χ0v) is 15.1. The average Bonchev–Trinajstić information content (AvgIpc) is 3.31. The van der Waals surface area contributed by atoms with Gasteiger partial charge in [0.2, 0.25) is 0 Å². The van der Waals surface area contributed by atoms with E-state index >= 15 is 0 Å². The summed E-state index contributed by atoms with van der Waals surface area (Å²) in [5.41, 5.74) is 3.61. The smallest absolute Gasteiger partial charge is 0.395 e. The molecule has 8 nitrogen and oxygen atoms in total. The van der Waals surface area contributed by atoms with Gasteiger partial charge in [0.05, 0.1) is 11.8 Å². The van der Waals surface area contributed by atoms with E-state index in [0.29, 0.717) is 11.7 Å². The Morgan fingerprint density at radius 3 is 2.89 bits per heavy atom. The quantitative estimate of drug-likeness (QED) is 0.534. The Bertz CT molecular complexity index is 997. The van der Waals surface area contributed by atoms with E-state index in [1.54, 1.807) is 0 Å². The van der Waals surface area contributed by atoms with Crippen molar-refractivity contribution in [3.8, 4) is 0 Å². The van der Waals surface area contributed by atoms with Crippen LogP contribution >= 0.6 is 11.3 Å². The lowest BCUT2D eigenvalue weighted by atomic mass is 10.00. The minimum Gasteiger partial charge on any atom is -0.395 e. The molecule has 138 valence electrons. The Morgan fingerprint density at radius 2 is 2.11 bits per heavy atom. The minimum atomic E-state index is -0.685. The number of carbonyl (C=O) groups is 1. The van der Waals surface area contributed by atoms with Crippen molar-refractivity contribution in [2.24, 2.45) is 0 Å². The number of furan rings is 1. The summed E-state index contributed by atoms with van der Waals surface area (Å²) in [4.78, 5) is 28.8. The molecule has 3 aromatic rings. The number of hydrogen-bond donors (Lipinski definition) is 1. The average molecular weight is 384 g/mol. The van der Waals surface area contributed by atoms with Crippen LogP contribution in [-0.2, 0) is 19.5 Å². The van der Waals surface area contributed by atoms with Gasteiger partial charge < -0.3 is 4.42 Å². The van der Waals surface area contributed by atoms with Gasteiger partial charge in [0.25, 0.3) is 5.91 Å². The van der Waals surface area contributed by atoms with Gasteiger partial charge in [-0.2, -0.15) is 0 Å². The molecule has 0 atom stereocenters. The Kier molecular flexibility index (Phi) is 4.69. The lowest BCUT2D eigenvalue weighted by Gasteiger charge is -2.27. The van der Waals surface area contributed by atoms with Gasteiger partial charge in [-0.15, -0.1) is 11.3 Å². The van der Waals surface area contributed by atoms with E-state index in [-0.39, 0.29) is 5.76 Å². The van der Waals surface area contributed by atoms with Gasteiger partial charge in [-0.05, 0) is 23.6 Å². The largest absolute Gasteiger partial charge is 0.433 e. The molecule has 0 bridgehead atoms. The van der Waals surface area contributed by atoms with E-state index in [1.165, 1.54) is 28.5 Å². The third kappa shape index (κ3) is 3.88. The van der Waals surface area contributed by atoms with Crippen LogP contribution in [0.5, 0.6) is 0 Å². The number of hydrogen-bond acceptors (Lipinski definition) is 7. The van der Waals surface area contributed by atoms with E-state index in [2.05, 4.69) is 39.5 Å². The van der Waals surface area contributed by atoms with Gasteiger partial charge in [-0.1, -0.05) is 24.3 Å². The molecule has 1 aromatic carbocycles. The number of amides is 1. The molecule has 0 saturated heterocycles. The fourth-order valence-corrected chi connectivity index (χ4v) is 3.76. The van der Waals surface area contributed by atoms with Gasteiger partial charge >= 0.3 is 5.88 Å². The molecule has 4 rings (SSSR count). The predicted molar refractivity (Wildman–Crippen MR) is 99.7 cm³/mol. The van der Waals surface area contributed by atoms with E-state index in [9.17, 15) is 14.9 Å². The van der Waals surface area contributed by atoms with Gasteiger partial charge in [-0.3, -0.25) is 25.1 Å². The van der Waals surface area contributed by atoms with Crippen LogP contribution in [0.25, 0.3) is 0 Å². The van der Waals surface area contributed by atoms with Crippen molar-refractivity contribution in [1.29, 1.82) is 0 Å². The fourth-order valence-electron chi connectivity index (χ4n) is 3.06. The summed E-state index contributed by atoms with van der Waals surface area (Å²) in [5, 5.41) is 15.6. The zero-order valence-electron chi connectivity index (χ0n) is 14.3. The number of nitro groups is 1. The lowest BCUT2D eigenvalue weighted by Crippen LogP contribution is -2.30. The first kappa shape index (κ1) is 17.4. The van der Waals surface area contributed by atoms with Crippen LogP contribution in [0.15, 0.2) is 46.2 Å². The number of benzene rings is 1. The lowest BCUT2D eigenvalue weighted by molar-refractivity contribution is -0.402. The van der Waals surface area contributed by atoms with Crippen LogP contribution in [0, 0.1) is 10.1 Å². The summed E-state index contributed by atoms with van der Waals surface area (Å²) in [6, 6.07) is 10.9. The molecule has 0 saturated carbocycles. The molecular weight excluding hydrogens is 368 g/mol. The maximum atomic E-state index is 12.1. The molecule has 1 amide bonds. The summed E-state index contributed by atoms with van der Waals surface area (Å²) in [5.74, 6) is -1.15. The topological polar surface area (TPSA) is 102 Å². The monoisotopic (exact) mass is 384 g/mol. The number of rotatable bonds is 5. The molecule has 1 aliphatic rings. The molecular formula is C18H16N4O4S. The molecule has 0 unspecified atom stereocenters. The molecule has 3 heterocycles. The number of aromatic nitrogens is 1. The molecule has 0 spiro atoms. The van der Waals surface area contributed by atoms with Crippen LogP contribution in [0.4, 0.5) is 11.0 Å². The summed E-state index contributed by atoms with van der Waals surface area (Å²) in [7, 11) is 0. The molecule has 9 heteroatoms. The van der Waals surface area contributed by atoms with Crippen molar-refractivity contribution in [3.63, 3.8) is 0 Å². The zero-order chi connectivity index (χ0) is 18.8. The first-order valence-corrected chi connectivity index (χ1v) is 9.25. The third-order valence-electron chi connectivity index (χ3n) is 4.36. The third-order valence-corrected chi connectivity index (χ3v) is 5.17. The van der Waals surface area contributed by atoms with Crippen molar-refractivity contribution in [3.05, 3.63) is 74.5 Å². The second kappa shape index (κ2) is 7.29. The van der Waals surface area contributed by atoms with Crippen LogP contribution in [0.3, 0.4) is 0 Å². The van der Waals surface area contributed by atoms with Crippen molar-refractivity contribution in [2.75, 3.05) is 11.9 Å². The number of anilines is 1. The van der Waals surface area contributed by atoms with Gasteiger partial charge in [0.15, 0.2) is 10.9 Å². The summed E-state index contributed by atoms with van der Waals surface area (Å²) >= 11 is 1.31. The van der Waals surface area contributed by atoms with Crippen LogP contribution in [-0.4, -0.2) is 27.3 Å². The number of carbonyl (C=O) groups excluding carboxylic acids is 1. The van der Waals surface area contributed by atoms with Crippen molar-refractivity contribution >= 4 is 28.3 Å². The summed E-state index contributed by atoms with van der Waals surface area (Å²) in [6.07, 6.45) is 1.02. The Hall–Kier alpha value is -3.04. The highest BCUT2D eigenvalue weighted by Gasteiger charge is 2.20. The van der Waals surface area contributed by atoms with Crippen LogP contribution in [0.1, 0.15) is 27.4 Å². The van der Waals surface area contributed by atoms with E-state index in [0.717, 1.165) is 31.3 Å². The maximum Gasteiger partial charge on any atom is 0.433 e. The highest BCUT2D eigenvalue weighted by atomic mass is 32.1. The van der Waals surface area contributed by atoms with E-state index in [4.69, 9.17) is 4.42 Å². The fraction of sp³-hybridized carbons (Fsp3) is 0.222.